The molecular weight excluding hydrogens is 104 g/mol. The molecule has 2 heteroatoms. The van der Waals surface area contributed by atoms with Gasteiger partial charge in [-0.05, 0) is 12.8 Å². The molecule has 0 bridgehead atoms. The molecule has 2 aliphatic rings. The first-order chi connectivity index (χ1) is 3.83. The molecule has 0 atom stereocenters. The summed E-state index contributed by atoms with van der Waals surface area (Å²) in [6.45, 7) is 0.666. The van der Waals surface area contributed by atoms with Gasteiger partial charge in [0.15, 0.2) is 5.78 Å². The van der Waals surface area contributed by atoms with Crippen LogP contribution in [0, 0.1) is 0 Å². The van der Waals surface area contributed by atoms with Crippen molar-refractivity contribution < 1.29 is 9.53 Å². The topological polar surface area (TPSA) is 26.3 Å². The first-order valence-corrected chi connectivity index (χ1v) is 3.01. The van der Waals surface area contributed by atoms with E-state index in [1.807, 2.05) is 0 Å². The summed E-state index contributed by atoms with van der Waals surface area (Å²) in [5.74, 6) is 0.331. The molecule has 0 aromatic carbocycles. The molecule has 1 aliphatic carbocycles. The Morgan fingerprint density at radius 3 is 2.50 bits per heavy atom. The van der Waals surface area contributed by atoms with Crippen molar-refractivity contribution >= 4 is 5.78 Å². The van der Waals surface area contributed by atoms with Gasteiger partial charge in [0.1, 0.15) is 5.60 Å². The monoisotopic (exact) mass is 112 g/mol. The van der Waals surface area contributed by atoms with Crippen molar-refractivity contribution in [3.8, 4) is 0 Å². The van der Waals surface area contributed by atoms with E-state index in [1.165, 1.54) is 0 Å². The minimum absolute atomic E-state index is 0.236. The van der Waals surface area contributed by atoms with E-state index in [9.17, 15) is 4.79 Å². The van der Waals surface area contributed by atoms with E-state index < -0.39 is 0 Å². The molecular formula is C6H8O2. The minimum atomic E-state index is -0.236. The summed E-state index contributed by atoms with van der Waals surface area (Å²) in [5.41, 5.74) is -0.236. The number of carbonyl (C=O) groups is 1. The molecule has 1 heterocycles. The summed E-state index contributed by atoms with van der Waals surface area (Å²) >= 11 is 0. The number of ether oxygens (including phenoxy) is 1. The van der Waals surface area contributed by atoms with Gasteiger partial charge in [0.05, 0.1) is 6.61 Å². The third-order valence-corrected chi connectivity index (χ3v) is 1.92. The highest BCUT2D eigenvalue weighted by atomic mass is 16.5. The SMILES string of the molecule is O=C1CCOC12CC2. The second-order valence-corrected chi connectivity index (χ2v) is 2.52. The fraction of sp³-hybridized carbons (Fsp3) is 0.833. The highest BCUT2D eigenvalue weighted by Gasteiger charge is 2.53. The van der Waals surface area contributed by atoms with Gasteiger partial charge >= 0.3 is 0 Å². The van der Waals surface area contributed by atoms with Crippen LogP contribution in [0.25, 0.3) is 0 Å². The van der Waals surface area contributed by atoms with Crippen LogP contribution in [-0.4, -0.2) is 18.0 Å². The van der Waals surface area contributed by atoms with Crippen molar-refractivity contribution in [3.05, 3.63) is 0 Å². The Bertz CT molecular complexity index is 135. The average Bonchev–Trinajstić information content (AvgIpc) is 2.39. The van der Waals surface area contributed by atoms with E-state index >= 15 is 0 Å². The van der Waals surface area contributed by atoms with Crippen LogP contribution in [0.15, 0.2) is 0 Å². The summed E-state index contributed by atoms with van der Waals surface area (Å²) in [6.07, 6.45) is 2.61. The van der Waals surface area contributed by atoms with Crippen LogP contribution in [0.2, 0.25) is 0 Å². The highest BCUT2D eigenvalue weighted by Crippen LogP contribution is 2.44. The van der Waals surface area contributed by atoms with E-state index in [2.05, 4.69) is 0 Å². The van der Waals surface area contributed by atoms with E-state index in [-0.39, 0.29) is 5.60 Å². The van der Waals surface area contributed by atoms with Gasteiger partial charge in [0.2, 0.25) is 0 Å². The maximum atomic E-state index is 10.8. The lowest BCUT2D eigenvalue weighted by atomic mass is 10.2. The summed E-state index contributed by atoms with van der Waals surface area (Å²) in [4.78, 5) is 10.8. The molecule has 44 valence electrons. The van der Waals surface area contributed by atoms with Gasteiger partial charge in [-0.3, -0.25) is 4.79 Å². The number of ketones is 1. The van der Waals surface area contributed by atoms with Crippen molar-refractivity contribution in [2.75, 3.05) is 6.61 Å². The molecule has 0 N–H and O–H groups in total. The Morgan fingerprint density at radius 1 is 1.50 bits per heavy atom. The number of hydrogen-bond donors (Lipinski definition) is 0. The lowest BCUT2D eigenvalue weighted by molar-refractivity contribution is -0.124. The summed E-state index contributed by atoms with van der Waals surface area (Å²) < 4.78 is 5.21. The van der Waals surface area contributed by atoms with E-state index in [4.69, 9.17) is 4.74 Å². The Morgan fingerprint density at radius 2 is 2.25 bits per heavy atom. The normalized spacial score (nSPS) is 31.8. The zero-order chi connectivity index (χ0) is 5.61. The first kappa shape index (κ1) is 4.50. The largest absolute Gasteiger partial charge is 0.367 e. The van der Waals surface area contributed by atoms with E-state index in [0.717, 1.165) is 12.8 Å². The molecule has 0 radical (unpaired) electrons. The number of carbonyl (C=O) groups excluding carboxylic acids is 1. The van der Waals surface area contributed by atoms with Crippen molar-refractivity contribution in [2.45, 2.75) is 24.9 Å². The molecule has 2 rings (SSSR count). The first-order valence-electron chi connectivity index (χ1n) is 3.01. The molecule has 1 spiro atoms. The summed E-state index contributed by atoms with van der Waals surface area (Å²) in [5, 5.41) is 0. The second-order valence-electron chi connectivity index (χ2n) is 2.52. The summed E-state index contributed by atoms with van der Waals surface area (Å²) in [7, 11) is 0. The zero-order valence-corrected chi connectivity index (χ0v) is 4.64. The van der Waals surface area contributed by atoms with Gasteiger partial charge in [-0.15, -0.1) is 0 Å². The van der Waals surface area contributed by atoms with E-state index in [0.29, 0.717) is 18.8 Å². The Balaban J connectivity index is 2.23. The predicted octanol–water partition coefficient (Wildman–Crippen LogP) is 0.508. The van der Waals surface area contributed by atoms with Gasteiger partial charge in [0, 0.05) is 6.42 Å². The quantitative estimate of drug-likeness (QED) is 0.456. The lowest BCUT2D eigenvalue weighted by Crippen LogP contribution is -2.15. The van der Waals surface area contributed by atoms with Crippen LogP contribution in [-0.2, 0) is 9.53 Å². The van der Waals surface area contributed by atoms with Gasteiger partial charge in [-0.1, -0.05) is 0 Å². The molecule has 2 nitrogen and oxygen atoms in total. The summed E-state index contributed by atoms with van der Waals surface area (Å²) in [6, 6.07) is 0. The average molecular weight is 112 g/mol. The third-order valence-electron chi connectivity index (χ3n) is 1.92. The molecule has 2 fully saturated rings. The van der Waals surface area contributed by atoms with Crippen LogP contribution in [0.1, 0.15) is 19.3 Å². The van der Waals surface area contributed by atoms with Gasteiger partial charge in [-0.2, -0.15) is 0 Å². The fourth-order valence-electron chi connectivity index (χ4n) is 1.18. The molecule has 0 aromatic rings. The van der Waals surface area contributed by atoms with Gasteiger partial charge in [-0.25, -0.2) is 0 Å². The maximum Gasteiger partial charge on any atom is 0.166 e. The van der Waals surface area contributed by atoms with Crippen molar-refractivity contribution in [1.29, 1.82) is 0 Å². The van der Waals surface area contributed by atoms with Crippen LogP contribution < -0.4 is 0 Å². The number of Topliss-reactive ketones (excluding diaryl/α,β-unsaturated/α-hetero) is 1. The third kappa shape index (κ3) is 0.388. The predicted molar refractivity (Wildman–Crippen MR) is 27.5 cm³/mol. The van der Waals surface area contributed by atoms with Crippen molar-refractivity contribution in [1.82, 2.24) is 0 Å². The van der Waals surface area contributed by atoms with Crippen LogP contribution in [0.4, 0.5) is 0 Å². The van der Waals surface area contributed by atoms with Crippen LogP contribution in [0.3, 0.4) is 0 Å². The van der Waals surface area contributed by atoms with E-state index in [1.54, 1.807) is 0 Å². The molecule has 1 saturated heterocycles. The number of hydrogen-bond acceptors (Lipinski definition) is 2. The Labute approximate surface area is 47.8 Å². The second kappa shape index (κ2) is 1.13. The highest BCUT2D eigenvalue weighted by molar-refractivity contribution is 5.91. The van der Waals surface area contributed by atoms with Gasteiger partial charge < -0.3 is 4.74 Å². The maximum absolute atomic E-state index is 10.8. The molecule has 0 unspecified atom stereocenters. The minimum Gasteiger partial charge on any atom is -0.367 e. The smallest absolute Gasteiger partial charge is 0.166 e. The Kier molecular flexibility index (Phi) is 0.637. The fourth-order valence-corrected chi connectivity index (χ4v) is 1.18. The van der Waals surface area contributed by atoms with Crippen LogP contribution >= 0.6 is 0 Å². The lowest BCUT2D eigenvalue weighted by Gasteiger charge is -1.98. The van der Waals surface area contributed by atoms with Crippen LogP contribution in [0.5, 0.6) is 0 Å². The zero-order valence-electron chi connectivity index (χ0n) is 4.64. The molecule has 0 amide bonds. The van der Waals surface area contributed by atoms with Crippen molar-refractivity contribution in [3.63, 3.8) is 0 Å². The standard InChI is InChI=1S/C6H8O2/c7-5-1-4-8-6(5)2-3-6/h1-4H2. The molecule has 0 aromatic heterocycles. The van der Waals surface area contributed by atoms with Crippen molar-refractivity contribution in [2.24, 2.45) is 0 Å². The Hall–Kier alpha value is -0.370. The number of rotatable bonds is 0. The molecule has 1 aliphatic heterocycles. The molecule has 8 heavy (non-hydrogen) atoms. The molecule has 1 saturated carbocycles. The van der Waals surface area contributed by atoms with Gasteiger partial charge in [0.25, 0.3) is 0 Å².